The van der Waals surface area contributed by atoms with Gasteiger partial charge in [-0.05, 0) is 86.6 Å². The zero-order valence-electron chi connectivity index (χ0n) is 18.0. The molecule has 0 spiro atoms. The maximum Gasteiger partial charge on any atom is 0.347 e. The van der Waals surface area contributed by atoms with E-state index in [4.69, 9.17) is 4.74 Å². The molecule has 2 aromatic carbocycles. The average Bonchev–Trinajstić information content (AvgIpc) is 2.64. The minimum Gasteiger partial charge on any atom is -0.478 e. The molecular weight excluding hydrogens is 368 g/mol. The average molecular weight is 401 g/mol. The number of rotatable bonds is 8. The third-order valence-electron chi connectivity index (χ3n) is 5.45. The Kier molecular flexibility index (Phi) is 7.22. The van der Waals surface area contributed by atoms with Crippen molar-refractivity contribution in [2.45, 2.75) is 64.4 Å². The van der Waals surface area contributed by atoms with Crippen molar-refractivity contribution in [3.8, 4) is 5.75 Å². The van der Waals surface area contributed by atoms with Crippen molar-refractivity contribution in [2.24, 2.45) is 5.92 Å². The van der Waals surface area contributed by atoms with Crippen LogP contribution in [0.5, 0.6) is 5.75 Å². The Morgan fingerprint density at radius 3 is 2.11 bits per heavy atom. The van der Waals surface area contributed by atoms with Gasteiger partial charge in [0.2, 0.25) is 0 Å². The third kappa shape index (κ3) is 5.32. The van der Waals surface area contributed by atoms with E-state index in [0.29, 0.717) is 17.6 Å². The summed E-state index contributed by atoms with van der Waals surface area (Å²) in [6, 6.07) is 13.1. The number of carboxylic acid groups (broad SMARTS) is 1. The van der Waals surface area contributed by atoms with Crippen LogP contribution in [0.15, 0.2) is 41.3 Å². The number of ether oxygens (including phenoxy) is 1. The van der Waals surface area contributed by atoms with Crippen LogP contribution < -0.4 is 4.74 Å². The molecule has 2 aromatic rings. The van der Waals surface area contributed by atoms with Crippen LogP contribution >= 0.6 is 11.8 Å². The maximum absolute atomic E-state index is 11.4. The molecule has 0 aromatic heterocycles. The lowest BCUT2D eigenvalue weighted by atomic mass is 9.83. The Morgan fingerprint density at radius 2 is 1.64 bits per heavy atom. The molecule has 0 saturated carbocycles. The first-order valence-electron chi connectivity index (χ1n) is 9.71. The minimum absolute atomic E-state index is 0.388. The zero-order chi connectivity index (χ0) is 21.1. The topological polar surface area (TPSA) is 46.5 Å². The SMILES string of the molecule is CSc1ccc(CC(C)C(C)c2cc(C)c(OC(C)(C)C(=O)O)c(C)c2)cc1. The lowest BCUT2D eigenvalue weighted by Gasteiger charge is -2.26. The molecule has 1 N–H and O–H groups in total. The lowest BCUT2D eigenvalue weighted by molar-refractivity contribution is -0.152. The van der Waals surface area contributed by atoms with Gasteiger partial charge in [-0.3, -0.25) is 0 Å². The van der Waals surface area contributed by atoms with Gasteiger partial charge in [-0.2, -0.15) is 0 Å². The standard InChI is InChI=1S/C24H32O3S/c1-15(12-19-8-10-21(28-7)11-9-19)18(4)20-13-16(2)22(17(3)14-20)27-24(5,6)23(25)26/h8-11,13-15,18H,12H2,1-7H3,(H,25,26). The van der Waals surface area contributed by atoms with Gasteiger partial charge in [0.05, 0.1) is 0 Å². The molecule has 0 bridgehead atoms. The highest BCUT2D eigenvalue weighted by Gasteiger charge is 2.30. The van der Waals surface area contributed by atoms with Crippen LogP contribution in [0.25, 0.3) is 0 Å². The Morgan fingerprint density at radius 1 is 1.11 bits per heavy atom. The fourth-order valence-electron chi connectivity index (χ4n) is 3.35. The molecule has 28 heavy (non-hydrogen) atoms. The zero-order valence-corrected chi connectivity index (χ0v) is 18.8. The van der Waals surface area contributed by atoms with Crippen molar-refractivity contribution in [1.82, 2.24) is 0 Å². The van der Waals surface area contributed by atoms with Crippen LogP contribution in [-0.2, 0) is 11.2 Å². The number of thioether (sulfide) groups is 1. The fraction of sp³-hybridized carbons (Fsp3) is 0.458. The summed E-state index contributed by atoms with van der Waals surface area (Å²) in [6.45, 7) is 11.7. The van der Waals surface area contributed by atoms with Crippen molar-refractivity contribution in [2.75, 3.05) is 6.26 Å². The van der Waals surface area contributed by atoms with E-state index in [1.54, 1.807) is 25.6 Å². The summed E-state index contributed by atoms with van der Waals surface area (Å²) in [5, 5.41) is 9.35. The molecule has 0 aliphatic rings. The summed E-state index contributed by atoms with van der Waals surface area (Å²) < 4.78 is 5.84. The second kappa shape index (κ2) is 9.04. The van der Waals surface area contributed by atoms with E-state index >= 15 is 0 Å². The monoisotopic (exact) mass is 400 g/mol. The highest BCUT2D eigenvalue weighted by molar-refractivity contribution is 7.98. The van der Waals surface area contributed by atoms with Crippen molar-refractivity contribution < 1.29 is 14.6 Å². The second-order valence-corrected chi connectivity index (χ2v) is 9.10. The minimum atomic E-state index is -1.25. The number of hydrogen-bond acceptors (Lipinski definition) is 3. The van der Waals surface area contributed by atoms with Gasteiger partial charge in [-0.25, -0.2) is 4.79 Å². The first kappa shape index (κ1) is 22.4. The predicted molar refractivity (Wildman–Crippen MR) is 118 cm³/mol. The molecule has 4 heteroatoms. The molecule has 0 heterocycles. The Balaban J connectivity index is 2.18. The molecule has 152 valence electrons. The van der Waals surface area contributed by atoms with Crippen LogP contribution in [0.2, 0.25) is 0 Å². The maximum atomic E-state index is 11.4. The van der Waals surface area contributed by atoms with Crippen molar-refractivity contribution in [3.05, 3.63) is 58.7 Å². The number of benzene rings is 2. The van der Waals surface area contributed by atoms with Crippen LogP contribution in [0.3, 0.4) is 0 Å². The number of hydrogen-bond donors (Lipinski definition) is 1. The summed E-state index contributed by atoms with van der Waals surface area (Å²) in [7, 11) is 0. The van der Waals surface area contributed by atoms with E-state index in [-0.39, 0.29) is 0 Å². The van der Waals surface area contributed by atoms with Crippen molar-refractivity contribution >= 4 is 17.7 Å². The van der Waals surface area contributed by atoms with Gasteiger partial charge >= 0.3 is 5.97 Å². The Hall–Kier alpha value is -1.94. The predicted octanol–water partition coefficient (Wildman–Crippen LogP) is 6.25. The number of carbonyl (C=O) groups is 1. The van der Waals surface area contributed by atoms with Gasteiger partial charge < -0.3 is 9.84 Å². The molecule has 2 atom stereocenters. The first-order chi connectivity index (χ1) is 13.0. The van der Waals surface area contributed by atoms with Crippen molar-refractivity contribution in [1.29, 1.82) is 0 Å². The van der Waals surface area contributed by atoms with Gasteiger partial charge in [-0.15, -0.1) is 11.8 Å². The number of carboxylic acids is 1. The fourth-order valence-corrected chi connectivity index (χ4v) is 3.75. The summed E-state index contributed by atoms with van der Waals surface area (Å²) >= 11 is 1.76. The van der Waals surface area contributed by atoms with Crippen molar-refractivity contribution in [3.63, 3.8) is 0 Å². The lowest BCUT2D eigenvalue weighted by Crippen LogP contribution is -2.38. The largest absolute Gasteiger partial charge is 0.478 e. The van der Waals surface area contributed by atoms with Crippen LogP contribution in [0.1, 0.15) is 55.9 Å². The smallest absolute Gasteiger partial charge is 0.347 e. The Bertz CT molecular complexity index is 801. The Labute approximate surface area is 173 Å². The van der Waals surface area contributed by atoms with E-state index in [1.807, 2.05) is 13.8 Å². The van der Waals surface area contributed by atoms with Crippen LogP contribution in [0, 0.1) is 19.8 Å². The summed E-state index contributed by atoms with van der Waals surface area (Å²) in [4.78, 5) is 12.7. The van der Waals surface area contributed by atoms with E-state index in [9.17, 15) is 9.90 Å². The molecule has 0 amide bonds. The molecule has 0 radical (unpaired) electrons. The molecule has 3 nitrogen and oxygen atoms in total. The van der Waals surface area contributed by atoms with E-state index < -0.39 is 11.6 Å². The van der Waals surface area contributed by atoms with Gasteiger partial charge in [0.25, 0.3) is 0 Å². The highest BCUT2D eigenvalue weighted by Crippen LogP contribution is 2.34. The number of aliphatic carboxylic acids is 1. The molecule has 2 unspecified atom stereocenters. The van der Waals surface area contributed by atoms with Gasteiger partial charge in [0.15, 0.2) is 5.60 Å². The molecule has 0 saturated heterocycles. The molecule has 0 fully saturated rings. The summed E-state index contributed by atoms with van der Waals surface area (Å²) in [5.74, 6) is 0.578. The third-order valence-corrected chi connectivity index (χ3v) is 6.19. The highest BCUT2D eigenvalue weighted by atomic mass is 32.2. The summed E-state index contributed by atoms with van der Waals surface area (Å²) in [6.07, 6.45) is 3.12. The molecule has 0 aliphatic carbocycles. The van der Waals surface area contributed by atoms with Gasteiger partial charge in [0.1, 0.15) is 5.75 Å². The van der Waals surface area contributed by atoms with Gasteiger partial charge in [-0.1, -0.05) is 38.1 Å². The normalized spacial score (nSPS) is 13.8. The molecular formula is C24H32O3S. The summed E-state index contributed by atoms with van der Waals surface area (Å²) in [5.41, 5.74) is 3.33. The second-order valence-electron chi connectivity index (χ2n) is 8.22. The molecule has 0 aliphatic heterocycles. The van der Waals surface area contributed by atoms with E-state index in [0.717, 1.165) is 17.5 Å². The molecule has 2 rings (SSSR count). The van der Waals surface area contributed by atoms with E-state index in [1.165, 1.54) is 16.0 Å². The van der Waals surface area contributed by atoms with Gasteiger partial charge in [0, 0.05) is 4.90 Å². The quantitative estimate of drug-likeness (QED) is 0.532. The number of aryl methyl sites for hydroxylation is 2. The van der Waals surface area contributed by atoms with Crippen LogP contribution in [0.4, 0.5) is 0 Å². The first-order valence-corrected chi connectivity index (χ1v) is 10.9. The van der Waals surface area contributed by atoms with E-state index in [2.05, 4.69) is 56.5 Å². The van der Waals surface area contributed by atoms with Crippen LogP contribution in [-0.4, -0.2) is 22.9 Å².